The van der Waals surface area contributed by atoms with E-state index in [0.717, 1.165) is 12.0 Å². The fourth-order valence-electron chi connectivity index (χ4n) is 3.20. The van der Waals surface area contributed by atoms with Crippen LogP contribution < -0.4 is 5.32 Å². The highest BCUT2D eigenvalue weighted by Crippen LogP contribution is 2.42. The Morgan fingerprint density at radius 1 is 1.38 bits per heavy atom. The van der Waals surface area contributed by atoms with E-state index >= 15 is 0 Å². The number of benzene rings is 1. The third kappa shape index (κ3) is 2.46. The van der Waals surface area contributed by atoms with Gasteiger partial charge in [0.15, 0.2) is 0 Å². The Morgan fingerprint density at radius 3 is 2.52 bits per heavy atom. The zero-order chi connectivity index (χ0) is 15.2. The number of carbonyl (C=O) groups excluding carboxylic acids is 1. The van der Waals surface area contributed by atoms with Crippen molar-refractivity contribution in [1.82, 2.24) is 10.2 Å². The summed E-state index contributed by atoms with van der Waals surface area (Å²) in [6.07, 6.45) is 2.99. The van der Waals surface area contributed by atoms with Crippen molar-refractivity contribution in [2.75, 3.05) is 0 Å². The highest BCUT2D eigenvalue weighted by molar-refractivity contribution is 5.89. The third-order valence-corrected chi connectivity index (χ3v) is 5.08. The molecule has 4 heteroatoms. The van der Waals surface area contributed by atoms with Gasteiger partial charge in [-0.3, -0.25) is 10.1 Å². The van der Waals surface area contributed by atoms with Crippen molar-refractivity contribution in [3.05, 3.63) is 35.6 Å². The highest BCUT2D eigenvalue weighted by Gasteiger charge is 2.51. The molecule has 21 heavy (non-hydrogen) atoms. The Kier molecular flexibility index (Phi) is 3.52. The lowest BCUT2D eigenvalue weighted by atomic mass is 9.99. The zero-order valence-electron chi connectivity index (χ0n) is 12.9. The summed E-state index contributed by atoms with van der Waals surface area (Å²) in [6, 6.07) is 6.70. The first kappa shape index (κ1) is 14.5. The number of carbonyl (C=O) groups is 1. The molecule has 2 fully saturated rings. The van der Waals surface area contributed by atoms with Crippen LogP contribution in [0.3, 0.4) is 0 Å². The topological polar surface area (TPSA) is 32.3 Å². The van der Waals surface area contributed by atoms with E-state index in [1.54, 1.807) is 12.1 Å². The van der Waals surface area contributed by atoms with Gasteiger partial charge in [-0.1, -0.05) is 19.1 Å². The first-order valence-electron chi connectivity index (χ1n) is 7.82. The molecule has 1 saturated carbocycles. The SMILES string of the molecule is CCC1(C)NC(c2ccc(F)cc2)N(C(C)C2CC2)C1=O. The maximum Gasteiger partial charge on any atom is 0.244 e. The number of rotatable bonds is 4. The van der Waals surface area contributed by atoms with E-state index in [0.29, 0.717) is 5.92 Å². The van der Waals surface area contributed by atoms with Crippen molar-refractivity contribution in [2.24, 2.45) is 5.92 Å². The molecular formula is C17H23FN2O. The van der Waals surface area contributed by atoms with E-state index in [4.69, 9.17) is 0 Å². The Bertz CT molecular complexity index is 540. The summed E-state index contributed by atoms with van der Waals surface area (Å²) in [6.45, 7) is 6.12. The van der Waals surface area contributed by atoms with Gasteiger partial charge in [-0.25, -0.2) is 4.39 Å². The van der Waals surface area contributed by atoms with Crippen LogP contribution in [0.25, 0.3) is 0 Å². The molecule has 3 nitrogen and oxygen atoms in total. The minimum absolute atomic E-state index is 0.154. The van der Waals surface area contributed by atoms with Gasteiger partial charge in [0, 0.05) is 6.04 Å². The minimum atomic E-state index is -0.526. The van der Waals surface area contributed by atoms with E-state index in [-0.39, 0.29) is 23.9 Å². The molecular weight excluding hydrogens is 267 g/mol. The lowest BCUT2D eigenvalue weighted by Gasteiger charge is -2.31. The molecule has 1 aliphatic carbocycles. The standard InChI is InChI=1S/C17H23FN2O/c1-4-17(3)16(21)20(11(2)12-5-6-12)15(19-17)13-7-9-14(18)10-8-13/h7-12,15,19H,4-6H2,1-3H3. The van der Waals surface area contributed by atoms with E-state index in [2.05, 4.69) is 12.2 Å². The second-order valence-corrected chi connectivity index (χ2v) is 6.57. The molecule has 2 aliphatic rings. The molecule has 3 atom stereocenters. The van der Waals surface area contributed by atoms with Crippen molar-refractivity contribution in [2.45, 2.75) is 57.8 Å². The van der Waals surface area contributed by atoms with Gasteiger partial charge in [0.05, 0.1) is 5.54 Å². The van der Waals surface area contributed by atoms with Crippen LogP contribution in [0.5, 0.6) is 0 Å². The largest absolute Gasteiger partial charge is 0.318 e. The molecule has 1 N–H and O–H groups in total. The van der Waals surface area contributed by atoms with Crippen molar-refractivity contribution in [3.63, 3.8) is 0 Å². The Balaban J connectivity index is 1.95. The van der Waals surface area contributed by atoms with Crippen molar-refractivity contribution < 1.29 is 9.18 Å². The first-order chi connectivity index (χ1) is 9.96. The van der Waals surface area contributed by atoms with E-state index in [9.17, 15) is 9.18 Å². The van der Waals surface area contributed by atoms with Crippen LogP contribution in [-0.4, -0.2) is 22.4 Å². The lowest BCUT2D eigenvalue weighted by Crippen LogP contribution is -2.44. The van der Waals surface area contributed by atoms with Crippen molar-refractivity contribution in [3.8, 4) is 0 Å². The van der Waals surface area contributed by atoms with Gasteiger partial charge in [0.1, 0.15) is 12.0 Å². The quantitative estimate of drug-likeness (QED) is 0.923. The van der Waals surface area contributed by atoms with Gasteiger partial charge in [-0.2, -0.15) is 0 Å². The van der Waals surface area contributed by atoms with Gasteiger partial charge in [0.2, 0.25) is 5.91 Å². The molecule has 1 aromatic carbocycles. The minimum Gasteiger partial charge on any atom is -0.318 e. The van der Waals surface area contributed by atoms with Gasteiger partial charge in [0.25, 0.3) is 0 Å². The maximum atomic E-state index is 13.2. The lowest BCUT2D eigenvalue weighted by molar-refractivity contribution is -0.135. The van der Waals surface area contributed by atoms with Gasteiger partial charge < -0.3 is 4.90 Å². The number of nitrogens with one attached hydrogen (secondary N) is 1. The third-order valence-electron chi connectivity index (χ3n) is 5.08. The van der Waals surface area contributed by atoms with E-state index in [1.807, 2.05) is 18.7 Å². The number of hydrogen-bond acceptors (Lipinski definition) is 2. The maximum absolute atomic E-state index is 13.2. The summed E-state index contributed by atoms with van der Waals surface area (Å²) in [7, 11) is 0. The molecule has 1 saturated heterocycles. The molecule has 3 rings (SSSR count). The Hall–Kier alpha value is -1.42. The molecule has 1 aliphatic heterocycles. The fraction of sp³-hybridized carbons (Fsp3) is 0.588. The van der Waals surface area contributed by atoms with Crippen LogP contribution >= 0.6 is 0 Å². The van der Waals surface area contributed by atoms with E-state index in [1.165, 1.54) is 25.0 Å². The van der Waals surface area contributed by atoms with Crippen LogP contribution in [-0.2, 0) is 4.79 Å². The van der Waals surface area contributed by atoms with Crippen LogP contribution in [0.1, 0.15) is 51.8 Å². The van der Waals surface area contributed by atoms with Gasteiger partial charge in [-0.15, -0.1) is 0 Å². The van der Waals surface area contributed by atoms with Gasteiger partial charge >= 0.3 is 0 Å². The van der Waals surface area contributed by atoms with Crippen molar-refractivity contribution in [1.29, 1.82) is 0 Å². The molecule has 0 aromatic heterocycles. The van der Waals surface area contributed by atoms with Crippen LogP contribution in [0.4, 0.5) is 4.39 Å². The average molecular weight is 290 g/mol. The predicted octanol–water partition coefficient (Wildman–Crippen LogP) is 3.22. The molecule has 114 valence electrons. The van der Waals surface area contributed by atoms with Gasteiger partial charge in [-0.05, 0) is 56.7 Å². The van der Waals surface area contributed by atoms with Crippen LogP contribution in [0, 0.1) is 11.7 Å². The zero-order valence-corrected chi connectivity index (χ0v) is 12.9. The second-order valence-electron chi connectivity index (χ2n) is 6.57. The van der Waals surface area contributed by atoms with Crippen LogP contribution in [0.15, 0.2) is 24.3 Å². The first-order valence-corrected chi connectivity index (χ1v) is 7.82. The van der Waals surface area contributed by atoms with E-state index < -0.39 is 5.54 Å². The molecule has 3 unspecified atom stereocenters. The molecule has 1 amide bonds. The van der Waals surface area contributed by atoms with Crippen LogP contribution in [0.2, 0.25) is 0 Å². The summed E-state index contributed by atoms with van der Waals surface area (Å²) in [5.74, 6) is 0.528. The highest BCUT2D eigenvalue weighted by atomic mass is 19.1. The Morgan fingerprint density at radius 2 is 2.00 bits per heavy atom. The second kappa shape index (κ2) is 5.09. The number of amides is 1. The fourth-order valence-corrected chi connectivity index (χ4v) is 3.20. The molecule has 1 aromatic rings. The smallest absolute Gasteiger partial charge is 0.244 e. The number of nitrogens with zero attached hydrogens (tertiary/aromatic N) is 1. The summed E-state index contributed by atoms with van der Waals surface area (Å²) in [4.78, 5) is 14.9. The summed E-state index contributed by atoms with van der Waals surface area (Å²) in [5.41, 5.74) is 0.428. The molecule has 1 heterocycles. The molecule has 0 spiro atoms. The number of halogens is 1. The monoisotopic (exact) mass is 290 g/mol. The summed E-state index contributed by atoms with van der Waals surface area (Å²) in [5, 5.41) is 3.47. The molecule has 0 radical (unpaired) electrons. The summed E-state index contributed by atoms with van der Waals surface area (Å²) < 4.78 is 13.2. The van der Waals surface area contributed by atoms with Crippen molar-refractivity contribution >= 4 is 5.91 Å². The number of hydrogen-bond donors (Lipinski definition) is 1. The average Bonchev–Trinajstić information content (AvgIpc) is 3.28. The summed E-state index contributed by atoms with van der Waals surface area (Å²) >= 11 is 0. The predicted molar refractivity (Wildman–Crippen MR) is 80.0 cm³/mol. The normalized spacial score (nSPS) is 30.8. The molecule has 0 bridgehead atoms. The Labute approximate surface area is 125 Å².